The number of carbonyl (C=O) groups excluding carboxylic acids is 2. The number of hydrogen-bond donors (Lipinski definition) is 1. The number of fused-ring (bicyclic) bond motifs is 1. The average molecular weight is 380 g/mol. The lowest BCUT2D eigenvalue weighted by Crippen LogP contribution is -2.13. The van der Waals surface area contributed by atoms with Crippen LogP contribution < -0.4 is 5.32 Å². The van der Waals surface area contributed by atoms with Crippen molar-refractivity contribution in [2.24, 2.45) is 0 Å². The average Bonchev–Trinajstić information content (AvgIpc) is 2.73. The molecule has 29 heavy (non-hydrogen) atoms. The highest BCUT2D eigenvalue weighted by atomic mass is 16.1. The minimum Gasteiger partial charge on any atom is -0.322 e. The van der Waals surface area contributed by atoms with Gasteiger partial charge in [0.1, 0.15) is 0 Å². The molecule has 0 fully saturated rings. The summed E-state index contributed by atoms with van der Waals surface area (Å²) in [5.41, 5.74) is 5.43. The van der Waals surface area contributed by atoms with E-state index in [2.05, 4.69) is 11.4 Å². The number of Topliss-reactive ketones (excluding diaryl/α,β-unsaturated/α-hetero) is 1. The van der Waals surface area contributed by atoms with E-state index in [9.17, 15) is 9.59 Å². The highest BCUT2D eigenvalue weighted by molar-refractivity contribution is 6.13. The van der Waals surface area contributed by atoms with Crippen molar-refractivity contribution >= 4 is 28.3 Å². The molecule has 4 nitrogen and oxygen atoms in total. The summed E-state index contributed by atoms with van der Waals surface area (Å²) < 4.78 is 0. The van der Waals surface area contributed by atoms with Gasteiger partial charge >= 0.3 is 0 Å². The van der Waals surface area contributed by atoms with E-state index in [4.69, 9.17) is 4.98 Å². The quantitative estimate of drug-likeness (QED) is 0.464. The molecule has 0 saturated heterocycles. The highest BCUT2D eigenvalue weighted by Gasteiger charge is 2.14. The molecule has 0 spiro atoms. The molecule has 0 aliphatic rings. The Morgan fingerprint density at radius 2 is 1.62 bits per heavy atom. The lowest BCUT2D eigenvalue weighted by atomic mass is 10.0. The van der Waals surface area contributed by atoms with Crippen LogP contribution >= 0.6 is 0 Å². The van der Waals surface area contributed by atoms with Crippen molar-refractivity contribution in [1.82, 2.24) is 4.98 Å². The second kappa shape index (κ2) is 7.68. The molecule has 0 bridgehead atoms. The number of aryl methyl sites for hydroxylation is 1. The van der Waals surface area contributed by atoms with Gasteiger partial charge in [0.15, 0.2) is 5.78 Å². The van der Waals surface area contributed by atoms with Gasteiger partial charge in [0.05, 0.1) is 16.8 Å². The molecular weight excluding hydrogens is 360 g/mol. The van der Waals surface area contributed by atoms with Crippen LogP contribution in [0.15, 0.2) is 78.9 Å². The number of carbonyl (C=O) groups is 2. The standard InChI is InChI=1S/C25H20N2O2/c1-16-6-5-7-19(14-16)24-15-22(21-8-3-4-9-23(21)27-24)25(29)26-20-12-10-18(11-13-20)17(2)28/h3-15H,1-2H3,(H,26,29). The second-order valence-electron chi connectivity index (χ2n) is 7.03. The normalized spacial score (nSPS) is 10.7. The monoisotopic (exact) mass is 380 g/mol. The number of ketones is 1. The van der Waals surface area contributed by atoms with Gasteiger partial charge in [0.2, 0.25) is 0 Å². The third-order valence-corrected chi connectivity index (χ3v) is 4.82. The Bertz CT molecular complexity index is 1230. The Labute approximate surface area is 169 Å². The number of benzene rings is 3. The Hall–Kier alpha value is -3.79. The lowest BCUT2D eigenvalue weighted by molar-refractivity contribution is 0.101. The summed E-state index contributed by atoms with van der Waals surface area (Å²) >= 11 is 0. The van der Waals surface area contributed by atoms with E-state index < -0.39 is 0 Å². The van der Waals surface area contributed by atoms with Crippen LogP contribution in [0.25, 0.3) is 22.2 Å². The van der Waals surface area contributed by atoms with E-state index in [0.29, 0.717) is 16.8 Å². The number of pyridine rings is 1. The first-order valence-corrected chi connectivity index (χ1v) is 9.40. The number of amides is 1. The molecule has 4 aromatic rings. The number of aromatic nitrogens is 1. The van der Waals surface area contributed by atoms with Crippen molar-refractivity contribution in [3.63, 3.8) is 0 Å². The molecule has 3 aromatic carbocycles. The van der Waals surface area contributed by atoms with Gasteiger partial charge in [-0.05, 0) is 56.3 Å². The van der Waals surface area contributed by atoms with Gasteiger partial charge in [-0.25, -0.2) is 4.98 Å². The van der Waals surface area contributed by atoms with Crippen LogP contribution in [-0.2, 0) is 0 Å². The van der Waals surface area contributed by atoms with E-state index >= 15 is 0 Å². The van der Waals surface area contributed by atoms with Gasteiger partial charge < -0.3 is 5.32 Å². The van der Waals surface area contributed by atoms with E-state index in [-0.39, 0.29) is 11.7 Å². The van der Waals surface area contributed by atoms with Crippen molar-refractivity contribution < 1.29 is 9.59 Å². The summed E-state index contributed by atoms with van der Waals surface area (Å²) in [6.45, 7) is 3.55. The summed E-state index contributed by atoms with van der Waals surface area (Å²) in [7, 11) is 0. The van der Waals surface area contributed by atoms with Crippen LogP contribution in [0, 0.1) is 6.92 Å². The number of hydrogen-bond acceptors (Lipinski definition) is 3. The zero-order valence-electron chi connectivity index (χ0n) is 16.3. The first kappa shape index (κ1) is 18.6. The predicted octanol–water partition coefficient (Wildman–Crippen LogP) is 5.67. The van der Waals surface area contributed by atoms with Crippen LogP contribution in [0.1, 0.15) is 33.2 Å². The highest BCUT2D eigenvalue weighted by Crippen LogP contribution is 2.26. The molecule has 0 radical (unpaired) electrons. The van der Waals surface area contributed by atoms with Crippen LogP contribution in [0.2, 0.25) is 0 Å². The maximum atomic E-state index is 13.1. The number of para-hydroxylation sites is 1. The maximum absolute atomic E-state index is 13.1. The molecule has 142 valence electrons. The Morgan fingerprint density at radius 1 is 0.862 bits per heavy atom. The fourth-order valence-electron chi connectivity index (χ4n) is 3.30. The van der Waals surface area contributed by atoms with Crippen molar-refractivity contribution in [2.75, 3.05) is 5.32 Å². The first-order valence-electron chi connectivity index (χ1n) is 9.40. The van der Waals surface area contributed by atoms with Gasteiger partial charge in [0, 0.05) is 22.2 Å². The van der Waals surface area contributed by atoms with Gasteiger partial charge in [0.25, 0.3) is 5.91 Å². The smallest absolute Gasteiger partial charge is 0.256 e. The number of rotatable bonds is 4. The van der Waals surface area contributed by atoms with E-state index in [0.717, 1.165) is 27.7 Å². The molecule has 0 aliphatic heterocycles. The van der Waals surface area contributed by atoms with Crippen LogP contribution in [0.5, 0.6) is 0 Å². The first-order chi connectivity index (χ1) is 14.0. The lowest BCUT2D eigenvalue weighted by Gasteiger charge is -2.11. The van der Waals surface area contributed by atoms with Crippen molar-refractivity contribution in [2.45, 2.75) is 13.8 Å². The topological polar surface area (TPSA) is 59.1 Å². The molecule has 1 heterocycles. The molecular formula is C25H20N2O2. The van der Waals surface area contributed by atoms with E-state index in [1.807, 2.05) is 55.5 Å². The maximum Gasteiger partial charge on any atom is 0.256 e. The number of anilines is 1. The largest absolute Gasteiger partial charge is 0.322 e. The summed E-state index contributed by atoms with van der Waals surface area (Å²) in [5.74, 6) is -0.223. The molecule has 0 unspecified atom stereocenters. The number of nitrogens with one attached hydrogen (secondary N) is 1. The molecule has 0 atom stereocenters. The van der Waals surface area contributed by atoms with Gasteiger partial charge in [-0.3, -0.25) is 9.59 Å². The van der Waals surface area contributed by atoms with Crippen molar-refractivity contribution in [3.05, 3.63) is 95.6 Å². The van der Waals surface area contributed by atoms with E-state index in [1.165, 1.54) is 6.92 Å². The van der Waals surface area contributed by atoms with Crippen molar-refractivity contribution in [1.29, 1.82) is 0 Å². The summed E-state index contributed by atoms with van der Waals surface area (Å²) in [5, 5.41) is 3.72. The third kappa shape index (κ3) is 3.92. The summed E-state index contributed by atoms with van der Waals surface area (Å²) in [4.78, 5) is 29.3. The molecule has 0 aliphatic carbocycles. The second-order valence-corrected chi connectivity index (χ2v) is 7.03. The van der Waals surface area contributed by atoms with Gasteiger partial charge in [-0.15, -0.1) is 0 Å². The molecule has 1 N–H and O–H groups in total. The third-order valence-electron chi connectivity index (χ3n) is 4.82. The SMILES string of the molecule is CC(=O)c1ccc(NC(=O)c2cc(-c3cccc(C)c3)nc3ccccc23)cc1. The predicted molar refractivity (Wildman–Crippen MR) is 116 cm³/mol. The van der Waals surface area contributed by atoms with Gasteiger partial charge in [-0.1, -0.05) is 42.0 Å². The molecule has 0 saturated carbocycles. The summed E-state index contributed by atoms with van der Waals surface area (Å²) in [6.07, 6.45) is 0. The van der Waals surface area contributed by atoms with Crippen LogP contribution in [-0.4, -0.2) is 16.7 Å². The Morgan fingerprint density at radius 3 is 2.34 bits per heavy atom. The summed E-state index contributed by atoms with van der Waals surface area (Å²) in [6, 6.07) is 24.4. The minimum atomic E-state index is -0.215. The Balaban J connectivity index is 1.75. The zero-order valence-corrected chi connectivity index (χ0v) is 16.3. The van der Waals surface area contributed by atoms with Gasteiger partial charge in [-0.2, -0.15) is 0 Å². The molecule has 1 amide bonds. The minimum absolute atomic E-state index is 0.00852. The number of nitrogens with zero attached hydrogens (tertiary/aromatic N) is 1. The molecule has 1 aromatic heterocycles. The van der Waals surface area contributed by atoms with E-state index in [1.54, 1.807) is 24.3 Å². The fourth-order valence-corrected chi connectivity index (χ4v) is 3.30. The van der Waals surface area contributed by atoms with Crippen LogP contribution in [0.3, 0.4) is 0 Å². The van der Waals surface area contributed by atoms with Crippen molar-refractivity contribution in [3.8, 4) is 11.3 Å². The van der Waals surface area contributed by atoms with Crippen LogP contribution in [0.4, 0.5) is 5.69 Å². The Kier molecular flexibility index (Phi) is 4.92. The molecule has 4 heteroatoms. The fraction of sp³-hybridized carbons (Fsp3) is 0.0800. The molecule has 4 rings (SSSR count). The zero-order chi connectivity index (χ0) is 20.4.